The summed E-state index contributed by atoms with van der Waals surface area (Å²) < 4.78 is 5.33. The van der Waals surface area contributed by atoms with Crippen molar-refractivity contribution in [1.29, 1.82) is 0 Å². The molecule has 1 aliphatic rings. The maximum Gasteiger partial charge on any atom is 0.410 e. The molecule has 110 valence electrons. The van der Waals surface area contributed by atoms with Gasteiger partial charge in [0.1, 0.15) is 5.60 Å². The van der Waals surface area contributed by atoms with Crippen molar-refractivity contribution in [3.63, 3.8) is 0 Å². The Kier molecular flexibility index (Phi) is 4.82. The van der Waals surface area contributed by atoms with Crippen molar-refractivity contribution in [3.05, 3.63) is 0 Å². The van der Waals surface area contributed by atoms with Crippen LogP contribution in [0.2, 0.25) is 0 Å². The molecule has 0 spiro atoms. The van der Waals surface area contributed by atoms with Crippen molar-refractivity contribution >= 4 is 12.1 Å². The first kappa shape index (κ1) is 15.8. The lowest BCUT2D eigenvalue weighted by molar-refractivity contribution is -0.142. The fourth-order valence-corrected chi connectivity index (χ4v) is 2.48. The third-order valence-corrected chi connectivity index (χ3v) is 3.77. The molecule has 0 aliphatic heterocycles. The zero-order valence-corrected chi connectivity index (χ0v) is 12.5. The molecule has 1 rings (SSSR count). The molecule has 0 aromatic heterocycles. The average Bonchev–Trinajstić information content (AvgIpc) is 2.73. The topological polar surface area (TPSA) is 66.8 Å². The van der Waals surface area contributed by atoms with Crippen LogP contribution < -0.4 is 0 Å². The Bertz CT molecular complexity index is 348. The van der Waals surface area contributed by atoms with Crippen LogP contribution in [0.4, 0.5) is 4.79 Å². The Morgan fingerprint density at radius 3 is 2.37 bits per heavy atom. The smallest absolute Gasteiger partial charge is 0.410 e. The first-order valence-electron chi connectivity index (χ1n) is 6.80. The quantitative estimate of drug-likeness (QED) is 0.857. The number of aliphatic carboxylic acids is 1. The van der Waals surface area contributed by atoms with Gasteiger partial charge in [0.25, 0.3) is 0 Å². The van der Waals surface area contributed by atoms with Gasteiger partial charge < -0.3 is 14.7 Å². The summed E-state index contributed by atoms with van der Waals surface area (Å²) in [6.07, 6.45) is 2.10. The predicted octanol–water partition coefficient (Wildman–Crippen LogP) is 2.74. The van der Waals surface area contributed by atoms with Gasteiger partial charge in [0.15, 0.2) is 0 Å². The highest BCUT2D eigenvalue weighted by Crippen LogP contribution is 2.34. The molecule has 0 radical (unpaired) electrons. The van der Waals surface area contributed by atoms with E-state index in [1.165, 1.54) is 0 Å². The molecule has 5 nitrogen and oxygen atoms in total. The number of amides is 1. The van der Waals surface area contributed by atoms with Crippen LogP contribution in [0.3, 0.4) is 0 Å². The first-order valence-corrected chi connectivity index (χ1v) is 6.80. The van der Waals surface area contributed by atoms with Gasteiger partial charge >= 0.3 is 12.1 Å². The van der Waals surface area contributed by atoms with E-state index in [1.54, 1.807) is 18.9 Å². The number of hydrogen-bond donors (Lipinski definition) is 1. The van der Waals surface area contributed by atoms with Crippen molar-refractivity contribution < 1.29 is 19.4 Å². The van der Waals surface area contributed by atoms with E-state index in [1.807, 2.05) is 20.8 Å². The molecule has 1 saturated carbocycles. The summed E-state index contributed by atoms with van der Waals surface area (Å²) in [6.45, 7) is 7.25. The Hall–Kier alpha value is -1.26. The number of carbonyl (C=O) groups is 2. The minimum atomic E-state index is -0.759. The molecule has 0 bridgehead atoms. The lowest BCUT2D eigenvalue weighted by Crippen LogP contribution is -2.39. The number of rotatable bonds is 3. The highest BCUT2D eigenvalue weighted by atomic mass is 16.6. The van der Waals surface area contributed by atoms with E-state index in [4.69, 9.17) is 9.84 Å². The van der Waals surface area contributed by atoms with Crippen LogP contribution in [0.15, 0.2) is 0 Å². The van der Waals surface area contributed by atoms with Gasteiger partial charge in [0.2, 0.25) is 0 Å². The van der Waals surface area contributed by atoms with E-state index in [9.17, 15) is 9.59 Å². The van der Waals surface area contributed by atoms with Crippen LogP contribution in [0.1, 0.15) is 47.0 Å². The van der Waals surface area contributed by atoms with Gasteiger partial charge in [0.05, 0.1) is 5.92 Å². The summed E-state index contributed by atoms with van der Waals surface area (Å²) in [5.74, 6) is -0.963. The molecular weight excluding hydrogens is 246 g/mol. The monoisotopic (exact) mass is 271 g/mol. The normalized spacial score (nSPS) is 24.9. The number of hydrogen-bond acceptors (Lipinski definition) is 3. The summed E-state index contributed by atoms with van der Waals surface area (Å²) in [7, 11) is 1.73. The SMILES string of the molecule is CC(C(=O)O)C1CCC(N(C)C(=O)OC(C)(C)C)C1. The summed E-state index contributed by atoms with van der Waals surface area (Å²) in [4.78, 5) is 24.5. The molecule has 1 aliphatic carbocycles. The van der Waals surface area contributed by atoms with E-state index in [2.05, 4.69) is 0 Å². The Balaban J connectivity index is 2.54. The summed E-state index contributed by atoms with van der Waals surface area (Å²) >= 11 is 0. The fourth-order valence-electron chi connectivity index (χ4n) is 2.48. The molecular formula is C14H25NO4. The van der Waals surface area contributed by atoms with E-state index < -0.39 is 11.6 Å². The van der Waals surface area contributed by atoms with Crippen molar-refractivity contribution in [2.75, 3.05) is 7.05 Å². The van der Waals surface area contributed by atoms with Crippen molar-refractivity contribution in [1.82, 2.24) is 4.90 Å². The molecule has 19 heavy (non-hydrogen) atoms. The highest BCUT2D eigenvalue weighted by molar-refractivity contribution is 5.70. The van der Waals surface area contributed by atoms with Gasteiger partial charge in [-0.1, -0.05) is 6.92 Å². The van der Waals surface area contributed by atoms with Crippen molar-refractivity contribution in [3.8, 4) is 0 Å². The molecule has 3 unspecified atom stereocenters. The number of ether oxygens (including phenoxy) is 1. The van der Waals surface area contributed by atoms with Crippen LogP contribution in [0.25, 0.3) is 0 Å². The Labute approximate surface area is 114 Å². The molecule has 1 amide bonds. The van der Waals surface area contributed by atoms with Crippen LogP contribution in [-0.4, -0.2) is 40.8 Å². The van der Waals surface area contributed by atoms with Crippen LogP contribution in [0.5, 0.6) is 0 Å². The van der Waals surface area contributed by atoms with E-state index in [-0.39, 0.29) is 24.0 Å². The molecule has 1 fully saturated rings. The van der Waals surface area contributed by atoms with Crippen LogP contribution >= 0.6 is 0 Å². The molecule has 1 N–H and O–H groups in total. The minimum absolute atomic E-state index is 0.0849. The third-order valence-electron chi connectivity index (χ3n) is 3.77. The minimum Gasteiger partial charge on any atom is -0.481 e. The second-order valence-corrected chi connectivity index (χ2v) is 6.45. The third kappa shape index (κ3) is 4.40. The molecule has 5 heteroatoms. The van der Waals surface area contributed by atoms with Gasteiger partial charge in [-0.3, -0.25) is 4.79 Å². The first-order chi connectivity index (χ1) is 8.61. The number of carbonyl (C=O) groups excluding carboxylic acids is 1. The zero-order chi connectivity index (χ0) is 14.8. The average molecular weight is 271 g/mol. The lowest BCUT2D eigenvalue weighted by atomic mass is 9.92. The van der Waals surface area contributed by atoms with Gasteiger partial charge in [0, 0.05) is 13.1 Å². The molecule has 0 aromatic rings. The maximum atomic E-state index is 11.9. The highest BCUT2D eigenvalue weighted by Gasteiger charge is 2.36. The van der Waals surface area contributed by atoms with Gasteiger partial charge in [-0.25, -0.2) is 4.79 Å². The van der Waals surface area contributed by atoms with Gasteiger partial charge in [-0.15, -0.1) is 0 Å². The number of carboxylic acid groups (broad SMARTS) is 1. The fraction of sp³-hybridized carbons (Fsp3) is 0.857. The standard InChI is InChI=1S/C14H25NO4/c1-9(12(16)17)10-6-7-11(8-10)15(5)13(18)19-14(2,3)4/h9-11H,6-8H2,1-5H3,(H,16,17). The molecule has 0 aromatic carbocycles. The Morgan fingerprint density at radius 1 is 1.32 bits per heavy atom. The second-order valence-electron chi connectivity index (χ2n) is 6.45. The van der Waals surface area contributed by atoms with E-state index >= 15 is 0 Å². The zero-order valence-electron chi connectivity index (χ0n) is 12.5. The van der Waals surface area contributed by atoms with E-state index in [0.717, 1.165) is 19.3 Å². The molecule has 0 heterocycles. The molecule has 3 atom stereocenters. The summed E-state index contributed by atoms with van der Waals surface area (Å²) in [5, 5.41) is 9.02. The van der Waals surface area contributed by atoms with Gasteiger partial charge in [-0.05, 0) is 46.0 Å². The van der Waals surface area contributed by atoms with Crippen LogP contribution in [0, 0.1) is 11.8 Å². The van der Waals surface area contributed by atoms with Crippen molar-refractivity contribution in [2.45, 2.75) is 58.6 Å². The summed E-state index contributed by atoms with van der Waals surface area (Å²) in [5.41, 5.74) is -0.502. The number of carboxylic acids is 1. The summed E-state index contributed by atoms with van der Waals surface area (Å²) in [6, 6.07) is 0.0849. The largest absolute Gasteiger partial charge is 0.481 e. The van der Waals surface area contributed by atoms with Gasteiger partial charge in [-0.2, -0.15) is 0 Å². The van der Waals surface area contributed by atoms with E-state index in [0.29, 0.717) is 0 Å². The maximum absolute atomic E-state index is 11.9. The van der Waals surface area contributed by atoms with Crippen LogP contribution in [-0.2, 0) is 9.53 Å². The predicted molar refractivity (Wildman–Crippen MR) is 71.9 cm³/mol. The second kappa shape index (κ2) is 5.80. The lowest BCUT2D eigenvalue weighted by Gasteiger charge is -2.28. The number of nitrogens with zero attached hydrogens (tertiary/aromatic N) is 1. The van der Waals surface area contributed by atoms with Crippen molar-refractivity contribution in [2.24, 2.45) is 11.8 Å². The molecule has 0 saturated heterocycles. The Morgan fingerprint density at radius 2 is 1.89 bits per heavy atom.